The molecule has 0 saturated heterocycles. The van der Waals surface area contributed by atoms with E-state index >= 15 is 0 Å². The predicted molar refractivity (Wildman–Crippen MR) is 90.2 cm³/mol. The van der Waals surface area contributed by atoms with Gasteiger partial charge in [-0.2, -0.15) is 17.9 Å². The highest BCUT2D eigenvalue weighted by Gasteiger charge is 2.18. The van der Waals surface area contributed by atoms with Crippen molar-refractivity contribution in [2.24, 2.45) is 5.10 Å². The zero-order chi connectivity index (χ0) is 16.3. The number of hydrazone groups is 1. The molecule has 7 heteroatoms. The van der Waals surface area contributed by atoms with Gasteiger partial charge in [-0.25, -0.2) is 0 Å². The maximum absolute atomic E-state index is 12.4. The van der Waals surface area contributed by atoms with Crippen LogP contribution in [0.25, 0.3) is 0 Å². The summed E-state index contributed by atoms with van der Waals surface area (Å²) in [6.07, 6.45) is 1.36. The Kier molecular flexibility index (Phi) is 5.11. The molecule has 0 unspecified atom stereocenters. The molecule has 0 amide bonds. The Morgan fingerprint density at radius 1 is 1.09 bits per heavy atom. The quantitative estimate of drug-likeness (QED) is 0.614. The van der Waals surface area contributed by atoms with Gasteiger partial charge in [0.05, 0.1) is 21.2 Å². The summed E-state index contributed by atoms with van der Waals surface area (Å²) in [5.74, 6) is 0. The lowest BCUT2D eigenvalue weighted by Crippen LogP contribution is -2.21. The summed E-state index contributed by atoms with van der Waals surface area (Å²) >= 11 is 11.9. The second-order valence-electron chi connectivity index (χ2n) is 4.64. The van der Waals surface area contributed by atoms with Gasteiger partial charge >= 0.3 is 0 Å². The fourth-order valence-corrected chi connectivity index (χ4v) is 3.00. The van der Waals surface area contributed by atoms with E-state index in [0.717, 1.165) is 9.98 Å². The third-order valence-corrected chi connectivity index (χ3v) is 5.50. The number of hydrogen-bond acceptors (Lipinski definition) is 3. The topological polar surface area (TPSA) is 49.7 Å². The lowest BCUT2D eigenvalue weighted by Gasteiger charge is -2.13. The lowest BCUT2D eigenvalue weighted by molar-refractivity contribution is 0.491. The van der Waals surface area contributed by atoms with Crippen LogP contribution >= 0.6 is 23.2 Å². The summed E-state index contributed by atoms with van der Waals surface area (Å²) in [5.41, 5.74) is 1.52. The van der Waals surface area contributed by atoms with Gasteiger partial charge in [0, 0.05) is 12.6 Å². The van der Waals surface area contributed by atoms with Crippen molar-refractivity contribution in [2.75, 3.05) is 7.05 Å². The van der Waals surface area contributed by atoms with Crippen molar-refractivity contribution in [3.05, 3.63) is 63.6 Å². The number of sulfonamides is 1. The van der Waals surface area contributed by atoms with E-state index in [4.69, 9.17) is 23.2 Å². The SMILES string of the molecule is Cc1ccc(S(=O)(=O)N(C)N=Cc2cccc(Cl)c2Cl)cc1. The van der Waals surface area contributed by atoms with Crippen molar-refractivity contribution < 1.29 is 8.42 Å². The van der Waals surface area contributed by atoms with Crippen LogP contribution in [0.1, 0.15) is 11.1 Å². The van der Waals surface area contributed by atoms with Gasteiger partial charge < -0.3 is 0 Å². The van der Waals surface area contributed by atoms with Gasteiger partial charge in [0.2, 0.25) is 0 Å². The molecule has 4 nitrogen and oxygen atoms in total. The number of rotatable bonds is 4. The predicted octanol–water partition coefficient (Wildman–Crippen LogP) is 3.96. The van der Waals surface area contributed by atoms with Crippen LogP contribution in [0.4, 0.5) is 0 Å². The van der Waals surface area contributed by atoms with E-state index in [-0.39, 0.29) is 4.90 Å². The first kappa shape index (κ1) is 16.8. The average Bonchev–Trinajstić information content (AvgIpc) is 2.49. The number of nitrogens with zero attached hydrogens (tertiary/aromatic N) is 2. The summed E-state index contributed by atoms with van der Waals surface area (Å²) < 4.78 is 25.6. The van der Waals surface area contributed by atoms with Crippen molar-refractivity contribution >= 4 is 39.4 Å². The number of halogens is 2. The molecule has 0 fully saturated rings. The molecule has 0 N–H and O–H groups in total. The van der Waals surface area contributed by atoms with E-state index in [0.29, 0.717) is 15.6 Å². The minimum Gasteiger partial charge on any atom is -0.200 e. The highest BCUT2D eigenvalue weighted by molar-refractivity contribution is 7.89. The van der Waals surface area contributed by atoms with Crippen LogP contribution in [0.5, 0.6) is 0 Å². The third-order valence-electron chi connectivity index (χ3n) is 3.01. The van der Waals surface area contributed by atoms with E-state index in [1.54, 1.807) is 42.5 Å². The fourth-order valence-electron chi connectivity index (χ4n) is 1.69. The Labute approximate surface area is 140 Å². The van der Waals surface area contributed by atoms with Crippen LogP contribution in [-0.4, -0.2) is 26.1 Å². The van der Waals surface area contributed by atoms with Crippen LogP contribution in [0.15, 0.2) is 52.5 Å². The van der Waals surface area contributed by atoms with Crippen LogP contribution in [0, 0.1) is 6.92 Å². The summed E-state index contributed by atoms with van der Waals surface area (Å²) in [5, 5.41) is 4.66. The normalized spacial score (nSPS) is 11.8. The summed E-state index contributed by atoms with van der Waals surface area (Å²) in [4.78, 5) is 0.176. The van der Waals surface area contributed by atoms with Crippen molar-refractivity contribution in [3.63, 3.8) is 0 Å². The maximum atomic E-state index is 12.4. The molecule has 0 aliphatic rings. The Hall–Kier alpha value is -1.56. The van der Waals surface area contributed by atoms with Crippen LogP contribution in [-0.2, 0) is 10.0 Å². The molecule has 0 radical (unpaired) electrons. The highest BCUT2D eigenvalue weighted by Crippen LogP contribution is 2.24. The Morgan fingerprint density at radius 2 is 1.73 bits per heavy atom. The Bertz CT molecular complexity index is 803. The molecule has 0 aliphatic carbocycles. The fraction of sp³-hybridized carbons (Fsp3) is 0.133. The maximum Gasteiger partial charge on any atom is 0.278 e. The first-order valence-electron chi connectivity index (χ1n) is 6.36. The molecule has 0 spiro atoms. The molecule has 0 aromatic heterocycles. The van der Waals surface area contributed by atoms with Gasteiger partial charge in [-0.3, -0.25) is 0 Å². The first-order chi connectivity index (χ1) is 10.3. The molecule has 22 heavy (non-hydrogen) atoms. The second-order valence-corrected chi connectivity index (χ2v) is 7.38. The van der Waals surface area contributed by atoms with Gasteiger partial charge in [0.25, 0.3) is 10.0 Å². The van der Waals surface area contributed by atoms with Gasteiger partial charge in [-0.05, 0) is 25.1 Å². The van der Waals surface area contributed by atoms with E-state index in [1.165, 1.54) is 13.3 Å². The Morgan fingerprint density at radius 3 is 2.36 bits per heavy atom. The van der Waals surface area contributed by atoms with Gasteiger partial charge in [0.1, 0.15) is 0 Å². The molecule has 0 heterocycles. The molecule has 2 aromatic carbocycles. The number of hydrogen-bond donors (Lipinski definition) is 0. The van der Waals surface area contributed by atoms with E-state index < -0.39 is 10.0 Å². The lowest BCUT2D eigenvalue weighted by atomic mass is 10.2. The van der Waals surface area contributed by atoms with Crippen LogP contribution in [0.3, 0.4) is 0 Å². The molecule has 0 aliphatic heterocycles. The largest absolute Gasteiger partial charge is 0.278 e. The molecule has 0 atom stereocenters. The van der Waals surface area contributed by atoms with Crippen LogP contribution in [0.2, 0.25) is 10.0 Å². The van der Waals surface area contributed by atoms with Gasteiger partial charge in [0.15, 0.2) is 0 Å². The van der Waals surface area contributed by atoms with Crippen molar-refractivity contribution in [3.8, 4) is 0 Å². The van der Waals surface area contributed by atoms with Crippen molar-refractivity contribution in [1.82, 2.24) is 4.41 Å². The van der Waals surface area contributed by atoms with E-state index in [2.05, 4.69) is 5.10 Å². The van der Waals surface area contributed by atoms with Gasteiger partial charge in [-0.1, -0.05) is 53.0 Å². The zero-order valence-electron chi connectivity index (χ0n) is 12.0. The summed E-state index contributed by atoms with van der Waals surface area (Å²) in [6, 6.07) is 11.6. The average molecular weight is 357 g/mol. The third kappa shape index (κ3) is 3.61. The molecule has 2 rings (SSSR count). The van der Waals surface area contributed by atoms with E-state index in [9.17, 15) is 8.42 Å². The molecular formula is C15H14Cl2N2O2S. The Balaban J connectivity index is 2.27. The van der Waals surface area contributed by atoms with Gasteiger partial charge in [-0.15, -0.1) is 0 Å². The smallest absolute Gasteiger partial charge is 0.200 e. The zero-order valence-corrected chi connectivity index (χ0v) is 14.3. The van der Waals surface area contributed by atoms with Crippen molar-refractivity contribution in [1.29, 1.82) is 0 Å². The summed E-state index contributed by atoms with van der Waals surface area (Å²) in [7, 11) is -2.32. The minimum atomic E-state index is -3.69. The molecular weight excluding hydrogens is 343 g/mol. The van der Waals surface area contributed by atoms with E-state index in [1.807, 2.05) is 6.92 Å². The standard InChI is InChI=1S/C15H14Cl2N2O2S/c1-11-6-8-13(9-7-11)22(20,21)19(2)18-10-12-4-3-5-14(16)15(12)17/h3-10H,1-2H3. The van der Waals surface area contributed by atoms with Crippen molar-refractivity contribution in [2.45, 2.75) is 11.8 Å². The first-order valence-corrected chi connectivity index (χ1v) is 8.55. The highest BCUT2D eigenvalue weighted by atomic mass is 35.5. The number of aryl methyl sites for hydroxylation is 1. The molecule has 116 valence electrons. The molecule has 2 aromatic rings. The summed E-state index contributed by atoms with van der Waals surface area (Å²) in [6.45, 7) is 1.89. The molecule has 0 bridgehead atoms. The number of benzene rings is 2. The molecule has 0 saturated carbocycles. The second kappa shape index (κ2) is 6.69. The van der Waals surface area contributed by atoms with Crippen LogP contribution < -0.4 is 0 Å². The minimum absolute atomic E-state index is 0.176. The monoisotopic (exact) mass is 356 g/mol.